The molecule has 1 aliphatic carbocycles. The summed E-state index contributed by atoms with van der Waals surface area (Å²) < 4.78 is 2.46. The zero-order chi connectivity index (χ0) is 33.5. The quantitative estimate of drug-likeness (QED) is 0.202. The summed E-state index contributed by atoms with van der Waals surface area (Å²) in [6.45, 7) is 0. The van der Waals surface area contributed by atoms with Gasteiger partial charge in [-0.05, 0) is 73.6 Å². The van der Waals surface area contributed by atoms with Crippen LogP contribution in [0.1, 0.15) is 22.9 Å². The smallest absolute Gasteiger partial charge is 0.161 e. The molecular formula is C47H30N4. The monoisotopic (exact) mass is 650 g/mol. The number of benzene rings is 8. The molecule has 9 aromatic rings. The van der Waals surface area contributed by atoms with Crippen LogP contribution in [-0.4, -0.2) is 16.2 Å². The molecule has 0 saturated carbocycles. The summed E-state index contributed by atoms with van der Waals surface area (Å²) in [7, 11) is 0. The average molecular weight is 651 g/mol. The van der Waals surface area contributed by atoms with Crippen molar-refractivity contribution in [3.63, 3.8) is 0 Å². The number of hydrogen-bond acceptors (Lipinski definition) is 3. The fraction of sp³-hybridized carbons (Fsp3) is 0.0213. The first-order valence-corrected chi connectivity index (χ1v) is 17.5. The highest BCUT2D eigenvalue weighted by molar-refractivity contribution is 6.30. The standard InChI is InChI=1S/C47H30N4/c1-3-13-30(14-4-1)45-48-46(31-15-5-2-6-16-31)50-47(49-45)38-27-32-17-7-8-18-33(32)28-41(38)51-39-24-12-23-37-35-21-10-9-20-34(35)36-22-11-19-29-25-26-40(51)44(42(29)36)43(37)39/h1-28,45H,(H,48,49,50). The maximum absolute atomic E-state index is 5.36. The van der Waals surface area contributed by atoms with Gasteiger partial charge in [-0.3, -0.25) is 0 Å². The number of aromatic nitrogens is 1. The first-order valence-electron chi connectivity index (χ1n) is 17.5. The molecule has 238 valence electrons. The molecular weight excluding hydrogens is 621 g/mol. The SMILES string of the molecule is c1ccc(C2=NC(c3cc4ccccc4cc3-n3c4cccc5c4c4c6c(cccc6ccc43)-c3ccccc3-5)=NC(c3ccccc3)N2)cc1. The van der Waals surface area contributed by atoms with E-state index in [0.29, 0.717) is 5.84 Å². The van der Waals surface area contributed by atoms with Crippen LogP contribution in [0.5, 0.6) is 0 Å². The molecule has 1 aromatic heterocycles. The van der Waals surface area contributed by atoms with E-state index in [1.807, 2.05) is 12.1 Å². The molecule has 1 N–H and O–H groups in total. The Morgan fingerprint density at radius 2 is 1.06 bits per heavy atom. The van der Waals surface area contributed by atoms with Crippen LogP contribution < -0.4 is 5.32 Å². The van der Waals surface area contributed by atoms with Crippen LogP contribution in [0.25, 0.3) is 71.3 Å². The maximum atomic E-state index is 5.36. The molecule has 1 atom stereocenters. The van der Waals surface area contributed by atoms with E-state index in [0.717, 1.165) is 33.6 Å². The van der Waals surface area contributed by atoms with Gasteiger partial charge in [0, 0.05) is 21.9 Å². The van der Waals surface area contributed by atoms with Gasteiger partial charge < -0.3 is 9.88 Å². The molecule has 51 heavy (non-hydrogen) atoms. The Labute approximate surface area is 294 Å². The summed E-state index contributed by atoms with van der Waals surface area (Å²) in [6, 6.07) is 60.9. The highest BCUT2D eigenvalue weighted by Gasteiger charge is 2.28. The largest absolute Gasteiger partial charge is 0.344 e. The predicted octanol–water partition coefficient (Wildman–Crippen LogP) is 11.2. The second kappa shape index (κ2) is 10.9. The Morgan fingerprint density at radius 1 is 0.451 bits per heavy atom. The van der Waals surface area contributed by atoms with Gasteiger partial charge in [0.1, 0.15) is 12.0 Å². The Balaban J connectivity index is 1.26. The van der Waals surface area contributed by atoms with E-state index in [-0.39, 0.29) is 6.17 Å². The Hall–Kier alpha value is -6.78. The molecule has 0 saturated heterocycles. The van der Waals surface area contributed by atoms with Crippen molar-refractivity contribution in [2.24, 2.45) is 9.98 Å². The first kappa shape index (κ1) is 28.1. The zero-order valence-corrected chi connectivity index (χ0v) is 27.6. The summed E-state index contributed by atoms with van der Waals surface area (Å²) >= 11 is 0. The van der Waals surface area contributed by atoms with Crippen molar-refractivity contribution in [1.82, 2.24) is 9.88 Å². The Morgan fingerprint density at radius 3 is 1.84 bits per heavy atom. The summed E-state index contributed by atoms with van der Waals surface area (Å²) in [5.74, 6) is 1.51. The minimum absolute atomic E-state index is 0.299. The van der Waals surface area contributed by atoms with Gasteiger partial charge in [0.05, 0.1) is 16.7 Å². The predicted molar refractivity (Wildman–Crippen MR) is 212 cm³/mol. The molecule has 2 heterocycles. The highest BCUT2D eigenvalue weighted by atomic mass is 15.2. The lowest BCUT2D eigenvalue weighted by Gasteiger charge is -2.25. The third-order valence-corrected chi connectivity index (χ3v) is 10.6. The molecule has 8 aromatic carbocycles. The van der Waals surface area contributed by atoms with Gasteiger partial charge in [-0.25, -0.2) is 9.98 Å². The van der Waals surface area contributed by atoms with Crippen molar-refractivity contribution >= 4 is 55.0 Å². The van der Waals surface area contributed by atoms with Crippen molar-refractivity contribution in [3.05, 3.63) is 187 Å². The fourth-order valence-electron chi connectivity index (χ4n) is 8.30. The lowest BCUT2D eigenvalue weighted by atomic mass is 9.93. The zero-order valence-electron chi connectivity index (χ0n) is 27.6. The third kappa shape index (κ3) is 4.20. The van der Waals surface area contributed by atoms with Gasteiger partial charge in [0.15, 0.2) is 5.84 Å². The number of nitrogens with zero attached hydrogens (tertiary/aromatic N) is 3. The van der Waals surface area contributed by atoms with Gasteiger partial charge in [0.25, 0.3) is 0 Å². The summed E-state index contributed by atoms with van der Waals surface area (Å²) in [6.07, 6.45) is -0.299. The molecule has 2 aliphatic rings. The Bertz CT molecular complexity index is 2930. The van der Waals surface area contributed by atoms with E-state index in [1.54, 1.807) is 0 Å². The molecule has 0 radical (unpaired) electrons. The molecule has 0 bridgehead atoms. The number of nitrogens with one attached hydrogen (secondary N) is 1. The number of amidine groups is 2. The minimum Gasteiger partial charge on any atom is -0.344 e. The second-order valence-corrected chi connectivity index (χ2v) is 13.4. The van der Waals surface area contributed by atoms with E-state index in [2.05, 4.69) is 168 Å². The van der Waals surface area contributed by atoms with E-state index in [1.165, 1.54) is 60.2 Å². The molecule has 4 nitrogen and oxygen atoms in total. The summed E-state index contributed by atoms with van der Waals surface area (Å²) in [5, 5.41) is 11.1. The summed E-state index contributed by atoms with van der Waals surface area (Å²) in [5.41, 5.74) is 11.5. The summed E-state index contributed by atoms with van der Waals surface area (Å²) in [4.78, 5) is 10.7. The molecule has 1 aliphatic heterocycles. The van der Waals surface area contributed by atoms with Crippen molar-refractivity contribution in [1.29, 1.82) is 0 Å². The van der Waals surface area contributed by atoms with Crippen LogP contribution in [0.4, 0.5) is 0 Å². The number of hydrogen-bond donors (Lipinski definition) is 1. The van der Waals surface area contributed by atoms with Crippen LogP contribution in [0.15, 0.2) is 180 Å². The van der Waals surface area contributed by atoms with Crippen LogP contribution in [-0.2, 0) is 0 Å². The minimum atomic E-state index is -0.299. The third-order valence-electron chi connectivity index (χ3n) is 10.6. The van der Waals surface area contributed by atoms with E-state index in [4.69, 9.17) is 9.98 Å². The van der Waals surface area contributed by atoms with E-state index >= 15 is 0 Å². The van der Waals surface area contributed by atoms with Crippen molar-refractivity contribution in [2.45, 2.75) is 6.17 Å². The van der Waals surface area contributed by atoms with Crippen LogP contribution in [0.2, 0.25) is 0 Å². The molecule has 1 unspecified atom stereocenters. The van der Waals surface area contributed by atoms with Crippen LogP contribution in [0.3, 0.4) is 0 Å². The number of aliphatic imine (C=N–C) groups is 2. The molecule has 0 spiro atoms. The fourth-order valence-corrected chi connectivity index (χ4v) is 8.30. The number of fused-ring (bicyclic) bond motifs is 4. The van der Waals surface area contributed by atoms with Gasteiger partial charge in [-0.1, -0.05) is 146 Å². The van der Waals surface area contributed by atoms with Crippen molar-refractivity contribution < 1.29 is 0 Å². The van der Waals surface area contributed by atoms with Crippen LogP contribution in [0, 0.1) is 0 Å². The average Bonchev–Trinajstić information content (AvgIpc) is 3.49. The van der Waals surface area contributed by atoms with E-state index < -0.39 is 0 Å². The topological polar surface area (TPSA) is 41.7 Å². The van der Waals surface area contributed by atoms with Gasteiger partial charge in [0.2, 0.25) is 0 Å². The highest BCUT2D eigenvalue weighted by Crippen LogP contribution is 2.49. The lowest BCUT2D eigenvalue weighted by molar-refractivity contribution is 0.674. The van der Waals surface area contributed by atoms with Gasteiger partial charge >= 0.3 is 0 Å². The molecule has 11 rings (SSSR count). The Kier molecular flexibility index (Phi) is 5.98. The molecule has 0 amide bonds. The normalized spacial score (nSPS) is 14.9. The van der Waals surface area contributed by atoms with Crippen molar-refractivity contribution in [3.8, 4) is 27.9 Å². The van der Waals surface area contributed by atoms with E-state index in [9.17, 15) is 0 Å². The molecule has 0 fully saturated rings. The van der Waals surface area contributed by atoms with Crippen molar-refractivity contribution in [2.75, 3.05) is 0 Å². The number of rotatable bonds is 4. The van der Waals surface area contributed by atoms with Crippen LogP contribution >= 0.6 is 0 Å². The second-order valence-electron chi connectivity index (χ2n) is 13.4. The maximum Gasteiger partial charge on any atom is 0.161 e. The lowest BCUT2D eigenvalue weighted by Crippen LogP contribution is -2.33. The van der Waals surface area contributed by atoms with Gasteiger partial charge in [-0.2, -0.15) is 0 Å². The molecule has 4 heteroatoms. The first-order chi connectivity index (χ1) is 25.3. The van der Waals surface area contributed by atoms with Gasteiger partial charge in [-0.15, -0.1) is 0 Å².